The SMILES string of the molecule is N.O=C(O)c1csc(-n2nc(-c3cccc(OCc4ccccc4)c3)c(Cc3ccc([SH+](=O)[O-])cc3)c2CC2CC2)n1. The molecule has 0 aliphatic heterocycles. The summed E-state index contributed by atoms with van der Waals surface area (Å²) in [6, 6.07) is 24.6. The second-order valence-corrected chi connectivity index (χ2v) is 11.9. The van der Waals surface area contributed by atoms with Crippen LogP contribution in [0.2, 0.25) is 0 Å². The van der Waals surface area contributed by atoms with Gasteiger partial charge in [-0.25, -0.2) is 14.5 Å². The third-order valence-electron chi connectivity index (χ3n) is 7.05. The van der Waals surface area contributed by atoms with E-state index < -0.39 is 17.0 Å². The number of aromatic nitrogens is 3. The molecule has 5 aromatic rings. The Kier molecular flexibility index (Phi) is 8.93. The van der Waals surface area contributed by atoms with E-state index in [2.05, 4.69) is 4.98 Å². The molecule has 0 amide bonds. The molecule has 2 heterocycles. The molecule has 9 nitrogen and oxygen atoms in total. The van der Waals surface area contributed by atoms with E-state index in [1.54, 1.807) is 16.8 Å². The molecule has 3 aromatic carbocycles. The molecular weight excluding hydrogens is 572 g/mol. The van der Waals surface area contributed by atoms with Crippen molar-refractivity contribution in [3.05, 3.63) is 112 Å². The maximum absolute atomic E-state index is 11.6. The number of ether oxygens (including phenoxy) is 1. The highest BCUT2D eigenvalue weighted by Crippen LogP contribution is 2.38. The molecule has 1 fully saturated rings. The summed E-state index contributed by atoms with van der Waals surface area (Å²) in [5.74, 6) is 0.161. The molecule has 11 heteroatoms. The van der Waals surface area contributed by atoms with Crippen LogP contribution in [0.4, 0.5) is 0 Å². The van der Waals surface area contributed by atoms with Crippen molar-refractivity contribution in [3.63, 3.8) is 0 Å². The lowest BCUT2D eigenvalue weighted by atomic mass is 9.97. The maximum atomic E-state index is 11.6. The van der Waals surface area contributed by atoms with Crippen molar-refractivity contribution in [1.29, 1.82) is 0 Å². The zero-order valence-electron chi connectivity index (χ0n) is 22.7. The van der Waals surface area contributed by atoms with Crippen LogP contribution in [0, 0.1) is 5.92 Å². The number of nitrogens with zero attached hydrogens (tertiary/aromatic N) is 3. The first-order valence-electron chi connectivity index (χ1n) is 13.2. The van der Waals surface area contributed by atoms with Crippen LogP contribution in [0.25, 0.3) is 16.4 Å². The third-order valence-corrected chi connectivity index (χ3v) is 8.58. The summed E-state index contributed by atoms with van der Waals surface area (Å²) in [5.41, 5.74) is 5.63. The van der Waals surface area contributed by atoms with Gasteiger partial charge in [-0.05, 0) is 60.6 Å². The first-order chi connectivity index (χ1) is 19.9. The summed E-state index contributed by atoms with van der Waals surface area (Å²) in [6.07, 6.45) is 3.58. The molecule has 0 saturated heterocycles. The minimum atomic E-state index is -2.66. The summed E-state index contributed by atoms with van der Waals surface area (Å²) < 4.78 is 30.8. The number of hydrogen-bond donors (Lipinski definition) is 2. The molecule has 42 heavy (non-hydrogen) atoms. The number of aromatic carboxylic acids is 1. The van der Waals surface area contributed by atoms with Crippen LogP contribution < -0.4 is 10.9 Å². The van der Waals surface area contributed by atoms with Crippen LogP contribution in [0.15, 0.2) is 89.1 Å². The van der Waals surface area contributed by atoms with Crippen molar-refractivity contribution in [2.24, 2.45) is 5.92 Å². The molecule has 1 unspecified atom stereocenters. The summed E-state index contributed by atoms with van der Waals surface area (Å²) in [7, 11) is 0. The topological polar surface area (TPSA) is 152 Å². The van der Waals surface area contributed by atoms with Crippen LogP contribution in [-0.4, -0.2) is 30.4 Å². The molecule has 1 aliphatic carbocycles. The monoisotopic (exact) mass is 602 g/mol. The Labute approximate surface area is 249 Å². The van der Waals surface area contributed by atoms with Crippen LogP contribution in [-0.2, 0) is 34.7 Å². The first kappa shape index (κ1) is 29.3. The summed E-state index contributed by atoms with van der Waals surface area (Å²) in [6.45, 7) is 0.434. The summed E-state index contributed by atoms with van der Waals surface area (Å²) >= 11 is -1.41. The Morgan fingerprint density at radius 2 is 1.81 bits per heavy atom. The van der Waals surface area contributed by atoms with Gasteiger partial charge < -0.3 is 20.5 Å². The highest BCUT2D eigenvalue weighted by Gasteiger charge is 2.29. The standard InChI is InChI=1S/C31H27N3O5S2.H3N/c35-30(36)27-19-40-31(32-27)34-28(16-21-9-10-21)26(15-20-11-13-25(14-12-20)41(37)38)29(33-34)23-7-4-8-24(17-23)39-18-22-5-2-1-3-6-22;/h1-8,11-14,17,19,21,41H,9-10,15-16,18H2,(H-,35,36,37,38);1H3. The maximum Gasteiger partial charge on any atom is 0.355 e. The van der Waals surface area contributed by atoms with E-state index in [0.717, 1.165) is 52.9 Å². The Morgan fingerprint density at radius 3 is 2.48 bits per heavy atom. The first-order valence-corrected chi connectivity index (χ1v) is 15.3. The molecule has 216 valence electrons. The number of benzene rings is 3. The minimum Gasteiger partial charge on any atom is -0.612 e. The lowest BCUT2D eigenvalue weighted by Crippen LogP contribution is -2.06. The average Bonchev–Trinajstić information content (AvgIpc) is 3.54. The number of thiol groups is 1. The summed E-state index contributed by atoms with van der Waals surface area (Å²) in [4.78, 5) is 16.2. The molecule has 0 spiro atoms. The van der Waals surface area contributed by atoms with Gasteiger partial charge in [0, 0.05) is 22.9 Å². The Morgan fingerprint density at radius 1 is 1.05 bits per heavy atom. The fraction of sp³-hybridized carbons (Fsp3) is 0.194. The zero-order chi connectivity index (χ0) is 28.3. The summed E-state index contributed by atoms with van der Waals surface area (Å²) in [5, 5.41) is 16.5. The second kappa shape index (κ2) is 12.8. The van der Waals surface area contributed by atoms with E-state index >= 15 is 0 Å². The number of carboxylic acid groups (broad SMARTS) is 1. The predicted molar refractivity (Wildman–Crippen MR) is 162 cm³/mol. The molecular formula is C31H30N4O5S2. The van der Waals surface area contributed by atoms with Gasteiger partial charge in [-0.15, -0.1) is 15.5 Å². The van der Waals surface area contributed by atoms with Gasteiger partial charge in [0.05, 0.1) is 22.5 Å². The number of hydrogen-bond acceptors (Lipinski definition) is 8. The normalized spacial score (nSPS) is 13.4. The lowest BCUT2D eigenvalue weighted by Gasteiger charge is -2.10. The molecule has 4 N–H and O–H groups in total. The van der Waals surface area contributed by atoms with E-state index in [1.807, 2.05) is 66.7 Å². The fourth-order valence-electron chi connectivity index (χ4n) is 4.74. The lowest BCUT2D eigenvalue weighted by molar-refractivity contribution is 0.0691. The highest BCUT2D eigenvalue weighted by atomic mass is 32.2. The van der Waals surface area contributed by atoms with Gasteiger partial charge in [-0.2, -0.15) is 5.10 Å². The smallest absolute Gasteiger partial charge is 0.355 e. The van der Waals surface area contributed by atoms with Crippen molar-refractivity contribution in [3.8, 4) is 22.1 Å². The Bertz CT molecular complexity index is 1710. The predicted octanol–water partition coefficient (Wildman–Crippen LogP) is 6.16. The molecule has 0 bridgehead atoms. The van der Waals surface area contributed by atoms with E-state index in [-0.39, 0.29) is 16.7 Å². The molecule has 0 radical (unpaired) electrons. The quantitative estimate of drug-likeness (QED) is 0.135. The fourth-order valence-corrected chi connectivity index (χ4v) is 5.90. The van der Waals surface area contributed by atoms with Crippen LogP contribution >= 0.6 is 11.3 Å². The Hall–Kier alpha value is -4.16. The van der Waals surface area contributed by atoms with Gasteiger partial charge in [-0.1, -0.05) is 54.6 Å². The highest BCUT2D eigenvalue weighted by molar-refractivity contribution is 7.79. The van der Waals surface area contributed by atoms with Gasteiger partial charge >= 0.3 is 5.97 Å². The van der Waals surface area contributed by atoms with Crippen LogP contribution in [0.1, 0.15) is 45.7 Å². The third kappa shape index (κ3) is 6.66. The Balaban J connectivity index is 0.00000353. The van der Waals surface area contributed by atoms with E-state index in [1.165, 1.54) is 16.7 Å². The minimum absolute atomic E-state index is 0. The van der Waals surface area contributed by atoms with Crippen molar-refractivity contribution >= 4 is 28.4 Å². The largest absolute Gasteiger partial charge is 0.612 e. The number of rotatable bonds is 11. The van der Waals surface area contributed by atoms with Crippen LogP contribution in [0.5, 0.6) is 5.75 Å². The van der Waals surface area contributed by atoms with Crippen molar-refractivity contribution < 1.29 is 23.4 Å². The molecule has 1 saturated carbocycles. The second-order valence-electron chi connectivity index (χ2n) is 10.1. The molecule has 2 aromatic heterocycles. The van der Waals surface area contributed by atoms with Gasteiger partial charge in [0.15, 0.2) is 10.6 Å². The average molecular weight is 603 g/mol. The number of thiazole rings is 1. The number of carboxylic acids is 1. The molecule has 6 rings (SSSR count). The van der Waals surface area contributed by atoms with Crippen molar-refractivity contribution in [2.75, 3.05) is 0 Å². The van der Waals surface area contributed by atoms with Crippen molar-refractivity contribution in [1.82, 2.24) is 20.9 Å². The van der Waals surface area contributed by atoms with Gasteiger partial charge in [0.1, 0.15) is 12.4 Å². The van der Waals surface area contributed by atoms with E-state index in [0.29, 0.717) is 29.8 Å². The van der Waals surface area contributed by atoms with Gasteiger partial charge in [-0.3, -0.25) is 0 Å². The molecule has 1 aliphatic rings. The van der Waals surface area contributed by atoms with Gasteiger partial charge in [0.2, 0.25) is 5.13 Å². The number of carbonyl (C=O) groups is 1. The van der Waals surface area contributed by atoms with Crippen LogP contribution in [0.3, 0.4) is 0 Å². The molecule has 1 atom stereocenters. The van der Waals surface area contributed by atoms with Gasteiger partial charge in [0.25, 0.3) is 0 Å². The van der Waals surface area contributed by atoms with E-state index in [9.17, 15) is 18.7 Å². The van der Waals surface area contributed by atoms with Crippen molar-refractivity contribution in [2.45, 2.75) is 37.2 Å². The van der Waals surface area contributed by atoms with E-state index in [4.69, 9.17) is 9.84 Å². The zero-order valence-corrected chi connectivity index (χ0v) is 24.4.